The van der Waals surface area contributed by atoms with E-state index in [0.29, 0.717) is 36.6 Å². The van der Waals surface area contributed by atoms with Gasteiger partial charge in [0, 0.05) is 50.2 Å². The van der Waals surface area contributed by atoms with Gasteiger partial charge in [0.2, 0.25) is 0 Å². The van der Waals surface area contributed by atoms with E-state index in [9.17, 15) is 18.7 Å². The summed E-state index contributed by atoms with van der Waals surface area (Å²) in [5, 5.41) is 9.91. The van der Waals surface area contributed by atoms with E-state index in [2.05, 4.69) is 4.98 Å². The highest BCUT2D eigenvalue weighted by atomic mass is 32.1. The van der Waals surface area contributed by atoms with Gasteiger partial charge in [-0.05, 0) is 20.8 Å². The molecule has 28 heavy (non-hydrogen) atoms. The minimum Gasteiger partial charge on any atom is -0.444 e. The minimum atomic E-state index is -0.938. The zero-order valence-electron chi connectivity index (χ0n) is 16.0. The highest BCUT2D eigenvalue weighted by Crippen LogP contribution is 2.47. The van der Waals surface area contributed by atoms with Crippen molar-refractivity contribution in [1.29, 1.82) is 0 Å². The van der Waals surface area contributed by atoms with Gasteiger partial charge in [0.05, 0.1) is 15.9 Å². The zero-order chi connectivity index (χ0) is 20.3. The van der Waals surface area contributed by atoms with Gasteiger partial charge in [-0.25, -0.2) is 18.6 Å². The molecule has 0 bridgehead atoms. The third kappa shape index (κ3) is 3.10. The summed E-state index contributed by atoms with van der Waals surface area (Å²) in [4.78, 5) is 19.8. The third-order valence-electron chi connectivity index (χ3n) is 5.52. The van der Waals surface area contributed by atoms with E-state index < -0.39 is 17.2 Å². The van der Waals surface area contributed by atoms with E-state index >= 15 is 0 Å². The summed E-state index contributed by atoms with van der Waals surface area (Å²) in [6.45, 7) is 7.42. The predicted molar refractivity (Wildman–Crippen MR) is 103 cm³/mol. The van der Waals surface area contributed by atoms with Gasteiger partial charge >= 0.3 is 6.09 Å². The largest absolute Gasteiger partial charge is 0.444 e. The fourth-order valence-electron chi connectivity index (χ4n) is 4.18. The molecule has 2 aliphatic rings. The van der Waals surface area contributed by atoms with Gasteiger partial charge < -0.3 is 19.6 Å². The van der Waals surface area contributed by atoms with Crippen LogP contribution >= 0.6 is 11.3 Å². The van der Waals surface area contributed by atoms with Gasteiger partial charge in [-0.3, -0.25) is 0 Å². The van der Waals surface area contributed by atoms with Crippen molar-refractivity contribution in [3.63, 3.8) is 0 Å². The molecule has 2 saturated heterocycles. The first kappa shape index (κ1) is 19.3. The number of amides is 1. The molecule has 1 atom stereocenters. The highest BCUT2D eigenvalue weighted by molar-refractivity contribution is 7.17. The Labute approximate surface area is 165 Å². The lowest BCUT2D eigenvalue weighted by Crippen LogP contribution is -2.63. The number of hydrogen-bond donors (Lipinski definition) is 1. The maximum Gasteiger partial charge on any atom is 0.410 e. The van der Waals surface area contributed by atoms with Crippen LogP contribution in [0.3, 0.4) is 0 Å². The van der Waals surface area contributed by atoms with Gasteiger partial charge in [0.1, 0.15) is 11.1 Å². The lowest BCUT2D eigenvalue weighted by atomic mass is 9.72. The molecule has 0 radical (unpaired) electrons. The molecule has 2 aliphatic heterocycles. The second-order valence-corrected chi connectivity index (χ2v) is 9.54. The predicted octanol–water partition coefficient (Wildman–Crippen LogP) is 3.24. The van der Waals surface area contributed by atoms with Crippen molar-refractivity contribution in [3.05, 3.63) is 23.2 Å². The number of aromatic nitrogens is 1. The molecule has 6 nitrogen and oxygen atoms in total. The number of carbonyl (C=O) groups excluding carboxylic acids is 1. The van der Waals surface area contributed by atoms with Gasteiger partial charge in [0.25, 0.3) is 0 Å². The van der Waals surface area contributed by atoms with Crippen molar-refractivity contribution in [2.45, 2.75) is 26.4 Å². The molecule has 4 rings (SSSR count). The average Bonchev–Trinajstić information content (AvgIpc) is 3.19. The first-order chi connectivity index (χ1) is 13.1. The van der Waals surface area contributed by atoms with E-state index in [1.807, 2.05) is 25.7 Å². The summed E-state index contributed by atoms with van der Waals surface area (Å²) in [6.07, 6.45) is -0.370. The van der Waals surface area contributed by atoms with Crippen LogP contribution in [-0.4, -0.2) is 59.5 Å². The van der Waals surface area contributed by atoms with Crippen LogP contribution in [0.25, 0.3) is 10.2 Å². The van der Waals surface area contributed by atoms with Gasteiger partial charge in [-0.1, -0.05) is 0 Å². The number of likely N-dealkylation sites (tertiary alicyclic amines) is 1. The fourth-order valence-corrected chi connectivity index (χ4v) is 5.00. The second kappa shape index (κ2) is 6.52. The van der Waals surface area contributed by atoms with Gasteiger partial charge in [-0.2, -0.15) is 0 Å². The third-order valence-corrected chi connectivity index (χ3v) is 6.37. The van der Waals surface area contributed by atoms with Crippen LogP contribution in [0.1, 0.15) is 20.8 Å². The number of aliphatic hydroxyl groups is 1. The van der Waals surface area contributed by atoms with Crippen LogP contribution < -0.4 is 4.90 Å². The van der Waals surface area contributed by atoms with Crippen LogP contribution in [0.2, 0.25) is 0 Å². The Morgan fingerprint density at radius 2 is 2.11 bits per heavy atom. The molecular weight excluding hydrogens is 388 g/mol. The standard InChI is InChI=1S/C19H23F2N3O3S/c1-18(2,3)27-17(26)24-8-19(9-24)7-23(5-11(19)6-25)13-4-12(20)14(21)15-16(13)28-10-22-15/h4,10-11,25H,5-9H2,1-3H3/t11-/m0/s1. The van der Waals surface area contributed by atoms with Crippen molar-refractivity contribution in [3.8, 4) is 0 Å². The Kier molecular flexibility index (Phi) is 4.50. The quantitative estimate of drug-likeness (QED) is 0.822. The van der Waals surface area contributed by atoms with Gasteiger partial charge in [-0.15, -0.1) is 11.3 Å². The minimum absolute atomic E-state index is 0.0329. The number of carbonyl (C=O) groups is 1. The molecule has 1 N–H and O–H groups in total. The van der Waals surface area contributed by atoms with Crippen molar-refractivity contribution < 1.29 is 23.4 Å². The summed E-state index contributed by atoms with van der Waals surface area (Å²) in [5.41, 5.74) is 1.27. The van der Waals surface area contributed by atoms with Crippen molar-refractivity contribution in [2.75, 3.05) is 37.7 Å². The number of nitrogens with zero attached hydrogens (tertiary/aromatic N) is 3. The lowest BCUT2D eigenvalue weighted by molar-refractivity contribution is -0.0509. The Morgan fingerprint density at radius 1 is 1.39 bits per heavy atom. The number of anilines is 1. The molecule has 3 heterocycles. The molecule has 9 heteroatoms. The average molecular weight is 411 g/mol. The maximum absolute atomic E-state index is 14.1. The normalized spacial score (nSPS) is 21.4. The molecule has 152 valence electrons. The smallest absolute Gasteiger partial charge is 0.410 e. The van der Waals surface area contributed by atoms with E-state index in [1.165, 1.54) is 22.9 Å². The maximum atomic E-state index is 14.1. The van der Waals surface area contributed by atoms with Crippen molar-refractivity contribution in [2.24, 2.45) is 11.3 Å². The molecule has 0 unspecified atom stereocenters. The Hall–Kier alpha value is -2.00. The van der Waals surface area contributed by atoms with Crippen LogP contribution in [0, 0.1) is 23.0 Å². The molecule has 1 amide bonds. The van der Waals surface area contributed by atoms with Crippen molar-refractivity contribution >= 4 is 33.3 Å². The number of fused-ring (bicyclic) bond motifs is 1. The Bertz CT molecular complexity index is 921. The summed E-state index contributed by atoms with van der Waals surface area (Å²) in [5.74, 6) is -1.94. The second-order valence-electron chi connectivity index (χ2n) is 8.68. The number of hydrogen-bond acceptors (Lipinski definition) is 6. The molecule has 1 spiro atoms. The number of rotatable bonds is 2. The van der Waals surface area contributed by atoms with Crippen LogP contribution in [0.4, 0.5) is 19.3 Å². The van der Waals surface area contributed by atoms with Crippen LogP contribution in [0.5, 0.6) is 0 Å². The van der Waals surface area contributed by atoms with E-state index in [1.54, 1.807) is 4.90 Å². The lowest BCUT2D eigenvalue weighted by Gasteiger charge is -2.50. The first-order valence-electron chi connectivity index (χ1n) is 9.18. The van der Waals surface area contributed by atoms with E-state index in [-0.39, 0.29) is 29.5 Å². The molecule has 1 aromatic heterocycles. The summed E-state index contributed by atoms with van der Waals surface area (Å²) in [7, 11) is 0. The fraction of sp³-hybridized carbons (Fsp3) is 0.579. The van der Waals surface area contributed by atoms with Crippen LogP contribution in [-0.2, 0) is 4.74 Å². The molecule has 2 aromatic rings. The highest BCUT2D eigenvalue weighted by Gasteiger charge is 2.56. The molecular formula is C19H23F2N3O3S. The number of benzene rings is 1. The Balaban J connectivity index is 1.56. The van der Waals surface area contributed by atoms with Crippen LogP contribution in [0.15, 0.2) is 11.6 Å². The Morgan fingerprint density at radius 3 is 2.75 bits per heavy atom. The van der Waals surface area contributed by atoms with E-state index in [0.717, 1.165) is 0 Å². The molecule has 1 aromatic carbocycles. The number of thiazole rings is 1. The molecule has 0 aliphatic carbocycles. The van der Waals surface area contributed by atoms with Crippen molar-refractivity contribution in [1.82, 2.24) is 9.88 Å². The summed E-state index contributed by atoms with van der Waals surface area (Å²) < 4.78 is 34.1. The summed E-state index contributed by atoms with van der Waals surface area (Å²) >= 11 is 1.26. The van der Waals surface area contributed by atoms with Gasteiger partial charge in [0.15, 0.2) is 11.6 Å². The number of ether oxygens (including phenoxy) is 1. The van der Waals surface area contributed by atoms with E-state index in [4.69, 9.17) is 4.74 Å². The molecule has 2 fully saturated rings. The molecule has 0 saturated carbocycles. The number of aliphatic hydroxyl groups excluding tert-OH is 1. The summed E-state index contributed by atoms with van der Waals surface area (Å²) in [6, 6.07) is 1.20. The number of halogens is 2. The SMILES string of the molecule is CC(C)(C)OC(=O)N1CC2(C1)CN(c1cc(F)c(F)c3ncsc13)C[C@H]2CO. The monoisotopic (exact) mass is 411 g/mol. The first-order valence-corrected chi connectivity index (χ1v) is 10.1. The topological polar surface area (TPSA) is 65.9 Å². The zero-order valence-corrected chi connectivity index (χ0v) is 16.9.